The molecule has 0 amide bonds. The molecule has 0 fully saturated rings. The van der Waals surface area contributed by atoms with Crippen LogP contribution in [0.15, 0.2) is 54.6 Å². The van der Waals surface area contributed by atoms with Gasteiger partial charge in [-0.1, -0.05) is 54.6 Å². The maximum Gasteiger partial charge on any atom is 0.159 e. The van der Waals surface area contributed by atoms with Crippen LogP contribution < -0.4 is 0 Å². The van der Waals surface area contributed by atoms with Gasteiger partial charge in [0.15, 0.2) is 5.78 Å². The average molecular weight is 240 g/mol. The predicted octanol–water partition coefficient (Wildman–Crippen LogP) is 3.61. The van der Waals surface area contributed by atoms with Gasteiger partial charge in [0.25, 0.3) is 0 Å². The molecular formula is C16H16O2. The highest BCUT2D eigenvalue weighted by molar-refractivity contribution is 5.93. The number of carbonyl (C=O) groups is 1. The number of hydrogen-bond donors (Lipinski definition) is 0. The lowest BCUT2D eigenvalue weighted by Gasteiger charge is -2.05. The van der Waals surface area contributed by atoms with Crippen LogP contribution in [0.4, 0.5) is 0 Å². The van der Waals surface area contributed by atoms with Gasteiger partial charge in [-0.15, -0.1) is 0 Å². The molecular weight excluding hydrogens is 224 g/mol. The molecule has 0 saturated carbocycles. The highest BCUT2D eigenvalue weighted by Crippen LogP contribution is 2.08. The molecule has 0 heterocycles. The Balaban J connectivity index is 1.85. The summed E-state index contributed by atoms with van der Waals surface area (Å²) in [5, 5.41) is 0. The van der Waals surface area contributed by atoms with Crippen LogP contribution in [0.3, 0.4) is 0 Å². The second-order valence-electron chi connectivity index (χ2n) is 4.23. The fourth-order valence-electron chi connectivity index (χ4n) is 1.70. The van der Waals surface area contributed by atoms with Gasteiger partial charge in [-0.25, -0.2) is 0 Å². The number of ketones is 1. The molecule has 18 heavy (non-hydrogen) atoms. The Morgan fingerprint density at radius 3 is 2.00 bits per heavy atom. The highest BCUT2D eigenvalue weighted by atomic mass is 16.5. The Morgan fingerprint density at radius 1 is 0.889 bits per heavy atom. The van der Waals surface area contributed by atoms with E-state index in [4.69, 9.17) is 4.74 Å². The van der Waals surface area contributed by atoms with E-state index >= 15 is 0 Å². The van der Waals surface area contributed by atoms with Gasteiger partial charge in [0.2, 0.25) is 0 Å². The summed E-state index contributed by atoms with van der Waals surface area (Å²) >= 11 is 0. The third kappa shape index (κ3) is 3.54. The molecule has 0 unspecified atom stereocenters. The third-order valence-corrected chi connectivity index (χ3v) is 2.74. The summed E-state index contributed by atoms with van der Waals surface area (Å²) in [6.45, 7) is 2.74. The number of carbonyl (C=O) groups excluding carboxylic acids is 1. The molecule has 2 aromatic rings. The largest absolute Gasteiger partial charge is 0.372 e. The minimum atomic E-state index is 0.0896. The molecule has 0 aromatic heterocycles. The maximum atomic E-state index is 11.1. The molecule has 92 valence electrons. The summed E-state index contributed by atoms with van der Waals surface area (Å²) in [5.74, 6) is 0.0896. The first-order chi connectivity index (χ1) is 8.75. The SMILES string of the molecule is CC(=O)c1ccc(COCc2ccccc2)cc1. The zero-order valence-corrected chi connectivity index (χ0v) is 10.4. The van der Waals surface area contributed by atoms with E-state index in [1.165, 1.54) is 0 Å². The molecule has 0 aliphatic carbocycles. The van der Waals surface area contributed by atoms with Gasteiger partial charge in [-0.05, 0) is 18.1 Å². The molecule has 0 saturated heterocycles. The fourth-order valence-corrected chi connectivity index (χ4v) is 1.70. The molecule has 0 atom stereocenters. The van der Waals surface area contributed by atoms with E-state index in [9.17, 15) is 4.79 Å². The zero-order chi connectivity index (χ0) is 12.8. The van der Waals surface area contributed by atoms with E-state index in [2.05, 4.69) is 0 Å². The quantitative estimate of drug-likeness (QED) is 0.746. The van der Waals surface area contributed by atoms with Crippen LogP contribution in [0.2, 0.25) is 0 Å². The second kappa shape index (κ2) is 6.12. The van der Waals surface area contributed by atoms with Crippen molar-refractivity contribution in [2.24, 2.45) is 0 Å². The summed E-state index contributed by atoms with van der Waals surface area (Å²) in [6.07, 6.45) is 0. The van der Waals surface area contributed by atoms with E-state index in [-0.39, 0.29) is 5.78 Å². The third-order valence-electron chi connectivity index (χ3n) is 2.74. The van der Waals surface area contributed by atoms with Crippen LogP contribution in [0, 0.1) is 0 Å². The van der Waals surface area contributed by atoms with Crippen molar-refractivity contribution in [1.29, 1.82) is 0 Å². The molecule has 2 aromatic carbocycles. The lowest BCUT2D eigenvalue weighted by Crippen LogP contribution is -1.96. The first-order valence-electron chi connectivity index (χ1n) is 5.97. The topological polar surface area (TPSA) is 26.3 Å². The molecule has 2 nitrogen and oxygen atoms in total. The van der Waals surface area contributed by atoms with Gasteiger partial charge in [-0.2, -0.15) is 0 Å². The number of ether oxygens (including phenoxy) is 1. The smallest absolute Gasteiger partial charge is 0.159 e. The van der Waals surface area contributed by atoms with Gasteiger partial charge in [0, 0.05) is 5.56 Å². The number of benzene rings is 2. The van der Waals surface area contributed by atoms with E-state index in [0.717, 1.165) is 16.7 Å². The first kappa shape index (κ1) is 12.5. The van der Waals surface area contributed by atoms with Crippen LogP contribution in [0.25, 0.3) is 0 Å². The van der Waals surface area contributed by atoms with Gasteiger partial charge < -0.3 is 4.74 Å². The maximum absolute atomic E-state index is 11.1. The van der Waals surface area contributed by atoms with Crippen molar-refractivity contribution >= 4 is 5.78 Å². The molecule has 0 aliphatic rings. The Labute approximate surface area is 107 Å². The Hall–Kier alpha value is -1.93. The monoisotopic (exact) mass is 240 g/mol. The van der Waals surface area contributed by atoms with Crippen LogP contribution >= 0.6 is 0 Å². The van der Waals surface area contributed by atoms with E-state index in [1.807, 2.05) is 54.6 Å². The van der Waals surface area contributed by atoms with Crippen molar-refractivity contribution in [2.75, 3.05) is 0 Å². The summed E-state index contributed by atoms with van der Waals surface area (Å²) in [4.78, 5) is 11.1. The predicted molar refractivity (Wildman–Crippen MR) is 71.4 cm³/mol. The number of Topliss-reactive ketones (excluding diaryl/α,β-unsaturated/α-hetero) is 1. The van der Waals surface area contributed by atoms with Crippen molar-refractivity contribution in [3.63, 3.8) is 0 Å². The molecule has 0 spiro atoms. The van der Waals surface area contributed by atoms with Crippen LogP contribution in [-0.2, 0) is 18.0 Å². The molecule has 2 heteroatoms. The van der Waals surface area contributed by atoms with Crippen LogP contribution in [0.1, 0.15) is 28.4 Å². The average Bonchev–Trinajstić information content (AvgIpc) is 2.40. The van der Waals surface area contributed by atoms with Crippen molar-refractivity contribution in [3.8, 4) is 0 Å². The van der Waals surface area contributed by atoms with Gasteiger partial charge in [0.05, 0.1) is 13.2 Å². The molecule has 0 aliphatic heterocycles. The summed E-state index contributed by atoms with van der Waals surface area (Å²) < 4.78 is 5.62. The number of hydrogen-bond acceptors (Lipinski definition) is 2. The highest BCUT2D eigenvalue weighted by Gasteiger charge is 1.99. The molecule has 0 N–H and O–H groups in total. The van der Waals surface area contributed by atoms with E-state index < -0.39 is 0 Å². The lowest BCUT2D eigenvalue weighted by molar-refractivity contribution is 0.101. The minimum absolute atomic E-state index is 0.0896. The standard InChI is InChI=1S/C16H16O2/c1-13(17)16-9-7-15(8-10-16)12-18-11-14-5-3-2-4-6-14/h2-10H,11-12H2,1H3. The molecule has 0 bridgehead atoms. The summed E-state index contributed by atoms with van der Waals surface area (Å²) in [7, 11) is 0. The minimum Gasteiger partial charge on any atom is -0.372 e. The van der Waals surface area contributed by atoms with Crippen molar-refractivity contribution in [1.82, 2.24) is 0 Å². The van der Waals surface area contributed by atoms with Crippen molar-refractivity contribution in [3.05, 3.63) is 71.3 Å². The first-order valence-corrected chi connectivity index (χ1v) is 5.97. The van der Waals surface area contributed by atoms with Gasteiger partial charge >= 0.3 is 0 Å². The van der Waals surface area contributed by atoms with E-state index in [1.54, 1.807) is 6.92 Å². The zero-order valence-electron chi connectivity index (χ0n) is 10.4. The number of rotatable bonds is 5. The molecule has 2 rings (SSSR count). The summed E-state index contributed by atoms with van der Waals surface area (Å²) in [5.41, 5.74) is 2.98. The van der Waals surface area contributed by atoms with Crippen molar-refractivity contribution < 1.29 is 9.53 Å². The Bertz CT molecular complexity index is 500. The van der Waals surface area contributed by atoms with E-state index in [0.29, 0.717) is 13.2 Å². The van der Waals surface area contributed by atoms with Crippen molar-refractivity contribution in [2.45, 2.75) is 20.1 Å². The Kier molecular flexibility index (Phi) is 4.26. The van der Waals surface area contributed by atoms with Gasteiger partial charge in [-0.3, -0.25) is 4.79 Å². The Morgan fingerprint density at radius 2 is 1.44 bits per heavy atom. The lowest BCUT2D eigenvalue weighted by atomic mass is 10.1. The van der Waals surface area contributed by atoms with Crippen LogP contribution in [0.5, 0.6) is 0 Å². The summed E-state index contributed by atoms with van der Waals surface area (Å²) in [6, 6.07) is 17.6. The normalized spacial score (nSPS) is 10.3. The van der Waals surface area contributed by atoms with Crippen LogP contribution in [-0.4, -0.2) is 5.78 Å². The fraction of sp³-hybridized carbons (Fsp3) is 0.188. The second-order valence-corrected chi connectivity index (χ2v) is 4.23. The van der Waals surface area contributed by atoms with Gasteiger partial charge in [0.1, 0.15) is 0 Å². The molecule has 0 radical (unpaired) electrons.